The normalized spacial score (nSPS) is 12.2. The molecule has 0 aliphatic carbocycles. The molecule has 0 aliphatic rings. The van der Waals surface area contributed by atoms with E-state index in [2.05, 4.69) is 24.4 Å². The second kappa shape index (κ2) is 9.79. The Morgan fingerprint density at radius 3 is 2.06 bits per heavy atom. The quantitative estimate of drug-likeness (QED) is 0.556. The van der Waals surface area contributed by atoms with Crippen molar-refractivity contribution < 1.29 is 13.2 Å². The molecule has 0 fully saturated rings. The van der Waals surface area contributed by atoms with Gasteiger partial charge >= 0.3 is 0 Å². The average Bonchev–Trinajstić information content (AvgIpc) is 2.77. The number of hydrogen-bond acceptors (Lipinski definition) is 3. The van der Waals surface area contributed by atoms with Crippen molar-refractivity contribution in [2.24, 2.45) is 0 Å². The molecule has 5 nitrogen and oxygen atoms in total. The molecule has 0 saturated heterocycles. The second-order valence-corrected chi connectivity index (χ2v) is 9.50. The summed E-state index contributed by atoms with van der Waals surface area (Å²) in [7, 11) is -3.48. The highest BCUT2D eigenvalue weighted by Gasteiger charge is 2.19. The van der Waals surface area contributed by atoms with Crippen molar-refractivity contribution in [3.63, 3.8) is 0 Å². The van der Waals surface area contributed by atoms with E-state index in [1.807, 2.05) is 49.4 Å². The Morgan fingerprint density at radius 1 is 0.903 bits per heavy atom. The number of hydrogen-bond donors (Lipinski definition) is 1. The molecule has 3 aromatic rings. The van der Waals surface area contributed by atoms with Crippen LogP contribution >= 0.6 is 0 Å². The van der Waals surface area contributed by atoms with Gasteiger partial charge in [0, 0.05) is 5.56 Å². The molecule has 1 atom stereocenters. The summed E-state index contributed by atoms with van der Waals surface area (Å²) in [6, 6.07) is 24.1. The molecule has 0 heterocycles. The molecular formula is C25H28N2O3S. The Hall–Kier alpha value is -3.12. The van der Waals surface area contributed by atoms with Gasteiger partial charge in [0.25, 0.3) is 5.91 Å². The third-order valence-electron chi connectivity index (χ3n) is 5.22. The number of nitrogens with zero attached hydrogens (tertiary/aromatic N) is 1. The number of benzene rings is 3. The summed E-state index contributed by atoms with van der Waals surface area (Å²) in [4.78, 5) is 12.7. The van der Waals surface area contributed by atoms with Gasteiger partial charge in [-0.25, -0.2) is 8.42 Å². The van der Waals surface area contributed by atoms with Crippen LogP contribution in [0.25, 0.3) is 0 Å². The first-order valence-electron chi connectivity index (χ1n) is 10.3. The largest absolute Gasteiger partial charge is 0.346 e. The second-order valence-electron chi connectivity index (χ2n) is 7.59. The molecule has 3 aromatic carbocycles. The van der Waals surface area contributed by atoms with Gasteiger partial charge in [0.1, 0.15) is 0 Å². The van der Waals surface area contributed by atoms with Gasteiger partial charge in [0.2, 0.25) is 10.0 Å². The Bertz CT molecular complexity index is 1110. The van der Waals surface area contributed by atoms with Crippen molar-refractivity contribution in [2.45, 2.75) is 32.9 Å². The van der Waals surface area contributed by atoms with Crippen molar-refractivity contribution in [1.29, 1.82) is 0 Å². The molecule has 162 valence electrons. The van der Waals surface area contributed by atoms with Crippen LogP contribution in [0.1, 0.15) is 46.9 Å². The molecule has 0 spiro atoms. The number of rotatable bonds is 8. The van der Waals surface area contributed by atoms with Crippen molar-refractivity contribution in [3.05, 3.63) is 101 Å². The maximum atomic E-state index is 12.7. The molecule has 1 amide bonds. The number of anilines is 1. The van der Waals surface area contributed by atoms with E-state index in [0.29, 0.717) is 11.3 Å². The van der Waals surface area contributed by atoms with E-state index in [-0.39, 0.29) is 18.5 Å². The zero-order valence-electron chi connectivity index (χ0n) is 18.1. The van der Waals surface area contributed by atoms with Crippen LogP contribution in [0.3, 0.4) is 0 Å². The standard InChI is InChI=1S/C25H28N2O3S/c1-4-20-10-12-22(13-11-20)19(2)26-25(28)23-14-16-24(17-15-23)27(31(3,29)30)18-21-8-6-5-7-9-21/h5-17,19H,4,18H2,1-3H3,(H,26,28)/t19-/m1/s1. The number of sulfonamides is 1. The van der Waals surface area contributed by atoms with E-state index in [1.54, 1.807) is 24.3 Å². The fourth-order valence-corrected chi connectivity index (χ4v) is 4.22. The third-order valence-corrected chi connectivity index (χ3v) is 6.36. The lowest BCUT2D eigenvalue weighted by molar-refractivity contribution is 0.0940. The fourth-order valence-electron chi connectivity index (χ4n) is 3.33. The first-order valence-corrected chi connectivity index (χ1v) is 12.1. The highest BCUT2D eigenvalue weighted by molar-refractivity contribution is 7.92. The average molecular weight is 437 g/mol. The Labute approximate surface area is 184 Å². The number of carbonyl (C=O) groups excluding carboxylic acids is 1. The molecule has 3 rings (SSSR count). The number of aryl methyl sites for hydroxylation is 1. The minimum absolute atomic E-state index is 0.135. The predicted octanol–water partition coefficient (Wildman–Crippen LogP) is 4.71. The van der Waals surface area contributed by atoms with Gasteiger partial charge < -0.3 is 5.32 Å². The zero-order valence-corrected chi connectivity index (χ0v) is 18.9. The summed E-state index contributed by atoms with van der Waals surface area (Å²) < 4.78 is 26.0. The lowest BCUT2D eigenvalue weighted by Gasteiger charge is -2.23. The first kappa shape index (κ1) is 22.6. The molecule has 31 heavy (non-hydrogen) atoms. The van der Waals surface area contributed by atoms with Gasteiger partial charge in [-0.2, -0.15) is 0 Å². The summed E-state index contributed by atoms with van der Waals surface area (Å²) in [5, 5.41) is 3.00. The lowest BCUT2D eigenvalue weighted by atomic mass is 10.0. The zero-order chi connectivity index (χ0) is 22.4. The molecule has 0 unspecified atom stereocenters. The van der Waals surface area contributed by atoms with Crippen molar-refractivity contribution in [3.8, 4) is 0 Å². The summed E-state index contributed by atoms with van der Waals surface area (Å²) in [6.45, 7) is 4.28. The van der Waals surface area contributed by atoms with Crippen LogP contribution in [0.2, 0.25) is 0 Å². The molecule has 0 radical (unpaired) electrons. The van der Waals surface area contributed by atoms with Gasteiger partial charge in [-0.05, 0) is 54.3 Å². The van der Waals surface area contributed by atoms with Gasteiger partial charge in [0.05, 0.1) is 24.5 Å². The minimum atomic E-state index is -3.48. The highest BCUT2D eigenvalue weighted by Crippen LogP contribution is 2.22. The van der Waals surface area contributed by atoms with Crippen LogP contribution in [0, 0.1) is 0 Å². The minimum Gasteiger partial charge on any atom is -0.346 e. The van der Waals surface area contributed by atoms with Crippen molar-refractivity contribution in [2.75, 3.05) is 10.6 Å². The smallest absolute Gasteiger partial charge is 0.251 e. The summed E-state index contributed by atoms with van der Waals surface area (Å²) in [5.41, 5.74) is 4.18. The SMILES string of the molecule is CCc1ccc([C@@H](C)NC(=O)c2ccc(N(Cc3ccccc3)S(C)(=O)=O)cc2)cc1. The Balaban J connectivity index is 1.73. The number of nitrogens with one attached hydrogen (secondary N) is 1. The van der Waals surface area contributed by atoms with Crippen molar-refractivity contribution in [1.82, 2.24) is 5.32 Å². The highest BCUT2D eigenvalue weighted by atomic mass is 32.2. The monoisotopic (exact) mass is 436 g/mol. The topological polar surface area (TPSA) is 66.5 Å². The van der Waals surface area contributed by atoms with Crippen molar-refractivity contribution >= 4 is 21.6 Å². The van der Waals surface area contributed by atoms with Gasteiger partial charge in [-0.3, -0.25) is 9.10 Å². The van der Waals surface area contributed by atoms with E-state index < -0.39 is 10.0 Å². The summed E-state index contributed by atoms with van der Waals surface area (Å²) in [6.07, 6.45) is 2.16. The van der Waals surface area contributed by atoms with Gasteiger partial charge in [-0.1, -0.05) is 61.5 Å². The van der Waals surface area contributed by atoms with E-state index >= 15 is 0 Å². The Morgan fingerprint density at radius 2 is 1.52 bits per heavy atom. The van der Waals surface area contributed by atoms with Crippen LogP contribution < -0.4 is 9.62 Å². The number of carbonyl (C=O) groups is 1. The molecule has 0 aliphatic heterocycles. The summed E-state index contributed by atoms with van der Waals surface area (Å²) >= 11 is 0. The summed E-state index contributed by atoms with van der Waals surface area (Å²) in [5.74, 6) is -0.201. The van der Waals surface area contributed by atoms with E-state index in [1.165, 1.54) is 16.1 Å². The van der Waals surface area contributed by atoms with Crippen LogP contribution in [-0.4, -0.2) is 20.6 Å². The third kappa shape index (κ3) is 5.95. The molecule has 0 bridgehead atoms. The maximum absolute atomic E-state index is 12.7. The first-order chi connectivity index (χ1) is 14.8. The fraction of sp³-hybridized carbons (Fsp3) is 0.240. The van der Waals surface area contributed by atoms with E-state index in [0.717, 1.165) is 17.5 Å². The molecule has 0 saturated carbocycles. The van der Waals surface area contributed by atoms with Crippen LogP contribution in [0.4, 0.5) is 5.69 Å². The van der Waals surface area contributed by atoms with E-state index in [9.17, 15) is 13.2 Å². The lowest BCUT2D eigenvalue weighted by Crippen LogP contribution is -2.29. The predicted molar refractivity (Wildman–Crippen MR) is 126 cm³/mol. The molecular weight excluding hydrogens is 408 g/mol. The molecule has 6 heteroatoms. The van der Waals surface area contributed by atoms with Crippen LogP contribution in [0.15, 0.2) is 78.9 Å². The van der Waals surface area contributed by atoms with Gasteiger partial charge in [-0.15, -0.1) is 0 Å². The van der Waals surface area contributed by atoms with Gasteiger partial charge in [0.15, 0.2) is 0 Å². The molecule has 0 aromatic heterocycles. The molecule has 1 N–H and O–H groups in total. The Kier molecular flexibility index (Phi) is 7.13. The number of amides is 1. The van der Waals surface area contributed by atoms with Crippen LogP contribution in [-0.2, 0) is 23.0 Å². The van der Waals surface area contributed by atoms with E-state index in [4.69, 9.17) is 0 Å². The maximum Gasteiger partial charge on any atom is 0.251 e. The van der Waals surface area contributed by atoms with Crippen LogP contribution in [0.5, 0.6) is 0 Å².